The molecule has 0 amide bonds. The first kappa shape index (κ1) is 41.6. The van der Waals surface area contributed by atoms with Crippen LogP contribution in [0.2, 0.25) is 0 Å². The van der Waals surface area contributed by atoms with Crippen molar-refractivity contribution in [3.05, 3.63) is 98.4 Å². The number of hydrogen-bond acceptors (Lipinski definition) is 7. The molecule has 0 aliphatic carbocycles. The van der Waals surface area contributed by atoms with Crippen LogP contribution in [0.1, 0.15) is 43.7 Å². The first-order valence-electron chi connectivity index (χ1n) is 14.5. The molecule has 2 aromatic rings. The number of nitrogens with one attached hydrogen (secondary N) is 1. The summed E-state index contributed by atoms with van der Waals surface area (Å²) in [6, 6.07) is 12.6. The Labute approximate surface area is 284 Å². The van der Waals surface area contributed by atoms with E-state index in [1.807, 2.05) is 0 Å². The van der Waals surface area contributed by atoms with Gasteiger partial charge in [0.1, 0.15) is 6.61 Å². The highest BCUT2D eigenvalue weighted by atomic mass is 19.4. The molecule has 0 aromatic heterocycles. The molecule has 0 bridgehead atoms. The minimum atomic E-state index is -8.05. The number of benzene rings is 2. The zero-order valence-corrected chi connectivity index (χ0v) is 26.4. The normalized spacial score (nSPS) is 16.4. The molecule has 0 radical (unpaired) electrons. The molecule has 8 nitrogen and oxygen atoms in total. The Hall–Kier alpha value is -4.85. The Balaban J connectivity index is 1.87. The van der Waals surface area contributed by atoms with Crippen molar-refractivity contribution in [2.45, 2.75) is 75.0 Å². The maximum atomic E-state index is 14.3. The van der Waals surface area contributed by atoms with Crippen molar-refractivity contribution in [1.82, 2.24) is 5.32 Å². The first-order valence-corrected chi connectivity index (χ1v) is 14.5. The third-order valence-electron chi connectivity index (χ3n) is 7.69. The van der Waals surface area contributed by atoms with Crippen molar-refractivity contribution < 1.29 is 81.1 Å². The summed E-state index contributed by atoms with van der Waals surface area (Å²) in [5.41, 5.74) is -0.932. The minimum absolute atomic E-state index is 0.0688. The molecule has 0 saturated carbocycles. The van der Waals surface area contributed by atoms with Crippen LogP contribution in [0.5, 0.6) is 0 Å². The zero-order valence-electron chi connectivity index (χ0n) is 26.4. The number of dihydropyridines is 1. The largest absolute Gasteiger partial charge is 0.462 e. The molecule has 0 saturated heterocycles. The van der Waals surface area contributed by atoms with Gasteiger partial charge in [0.25, 0.3) is 5.69 Å². The Kier molecular flexibility index (Phi) is 11.7. The lowest BCUT2D eigenvalue weighted by Gasteiger charge is -2.39. The van der Waals surface area contributed by atoms with Gasteiger partial charge in [0.05, 0.1) is 28.6 Å². The number of carbonyl (C=O) groups is 2. The van der Waals surface area contributed by atoms with E-state index < -0.39 is 89.3 Å². The van der Waals surface area contributed by atoms with Crippen LogP contribution in [0.3, 0.4) is 0 Å². The van der Waals surface area contributed by atoms with E-state index >= 15 is 0 Å². The molecule has 1 N–H and O–H groups in total. The smallest absolute Gasteiger partial charge is 0.460 e. The fourth-order valence-electron chi connectivity index (χ4n) is 4.98. The number of esters is 2. The lowest BCUT2D eigenvalue weighted by Crippen LogP contribution is -2.70. The molecule has 21 heteroatoms. The molecule has 2 aromatic carbocycles. The van der Waals surface area contributed by atoms with Crippen LogP contribution in [0.25, 0.3) is 0 Å². The second-order valence-electron chi connectivity index (χ2n) is 11.3. The van der Waals surface area contributed by atoms with Gasteiger partial charge in [0.15, 0.2) is 0 Å². The number of allylic oxidation sites excluding steroid dienone is 2. The molecule has 3 rings (SSSR count). The van der Waals surface area contributed by atoms with E-state index in [1.165, 1.54) is 26.0 Å². The standard InChI is InChI=1S/C31H25F13N2O6/c1-16-21(24(47)51-13-7-12-26(32,33)27(34,35)28(36,37)29(38,39)30(40,41)31(42,43)44)23(19-10-6-11-20(14-19)46(49)50)22(17(2)45-16)25(48)52-15-18-8-4-3-5-9-18/h3-6,8-11,14,23,45H,7,12-13,15H2,1-2H3. The van der Waals surface area contributed by atoms with Crippen molar-refractivity contribution in [3.63, 3.8) is 0 Å². The van der Waals surface area contributed by atoms with E-state index in [9.17, 15) is 76.8 Å². The summed E-state index contributed by atoms with van der Waals surface area (Å²) in [5, 5.41) is 14.2. The molecule has 1 aliphatic heterocycles. The topological polar surface area (TPSA) is 108 Å². The van der Waals surface area contributed by atoms with Crippen molar-refractivity contribution in [2.24, 2.45) is 0 Å². The number of hydrogen-bond donors (Lipinski definition) is 1. The van der Waals surface area contributed by atoms with Gasteiger partial charge in [-0.05, 0) is 31.4 Å². The molecular formula is C31H25F13N2O6. The average Bonchev–Trinajstić information content (AvgIpc) is 3.04. The number of rotatable bonds is 14. The number of nitrogens with zero attached hydrogens (tertiary/aromatic N) is 1. The van der Waals surface area contributed by atoms with Crippen LogP contribution < -0.4 is 5.32 Å². The van der Waals surface area contributed by atoms with Gasteiger partial charge in [0.2, 0.25) is 0 Å². The highest BCUT2D eigenvalue weighted by molar-refractivity contribution is 6.00. The predicted molar refractivity (Wildman–Crippen MR) is 152 cm³/mol. The van der Waals surface area contributed by atoms with E-state index in [-0.39, 0.29) is 29.1 Å². The summed E-state index contributed by atoms with van der Waals surface area (Å²) in [6.45, 7) is 0.920. The number of carbonyl (C=O) groups excluding carboxylic acids is 2. The van der Waals surface area contributed by atoms with E-state index in [0.29, 0.717) is 5.56 Å². The van der Waals surface area contributed by atoms with Crippen LogP contribution in [-0.4, -0.2) is 59.3 Å². The third kappa shape index (κ3) is 7.67. The van der Waals surface area contributed by atoms with Crippen LogP contribution in [-0.2, 0) is 25.7 Å². The second kappa shape index (κ2) is 14.6. The zero-order chi connectivity index (χ0) is 39.7. The Morgan fingerprint density at radius 1 is 0.731 bits per heavy atom. The summed E-state index contributed by atoms with van der Waals surface area (Å²) < 4.78 is 185. The summed E-state index contributed by atoms with van der Waals surface area (Å²) in [7, 11) is 0. The third-order valence-corrected chi connectivity index (χ3v) is 7.69. The predicted octanol–water partition coefficient (Wildman–Crippen LogP) is 8.64. The monoisotopic (exact) mass is 768 g/mol. The van der Waals surface area contributed by atoms with Gasteiger partial charge in [-0.3, -0.25) is 10.1 Å². The second-order valence-corrected chi connectivity index (χ2v) is 11.3. The van der Waals surface area contributed by atoms with E-state index in [4.69, 9.17) is 9.47 Å². The lowest BCUT2D eigenvalue weighted by molar-refractivity contribution is -0.440. The lowest BCUT2D eigenvalue weighted by atomic mass is 9.80. The average molecular weight is 769 g/mol. The molecular weight excluding hydrogens is 743 g/mol. The minimum Gasteiger partial charge on any atom is -0.462 e. The molecule has 0 spiro atoms. The number of alkyl halides is 13. The van der Waals surface area contributed by atoms with E-state index in [0.717, 1.165) is 12.1 Å². The van der Waals surface area contributed by atoms with E-state index in [1.54, 1.807) is 30.3 Å². The maximum absolute atomic E-state index is 14.3. The SMILES string of the molecule is CC1=C(C(=O)OCCCC(F)(F)C(F)(F)C(F)(F)C(F)(F)C(F)(F)C(F)(F)F)C(c2cccc([N+](=O)[O-])c2)C(C(=O)OCc2ccccc2)=C(C)N1. The number of ether oxygens (including phenoxy) is 2. The Morgan fingerprint density at radius 3 is 1.77 bits per heavy atom. The van der Waals surface area contributed by atoms with Crippen molar-refractivity contribution >= 4 is 17.6 Å². The summed E-state index contributed by atoms with van der Waals surface area (Å²) in [6.07, 6.45) is -11.7. The van der Waals surface area contributed by atoms with Gasteiger partial charge in [-0.25, -0.2) is 9.59 Å². The van der Waals surface area contributed by atoms with Crippen molar-refractivity contribution in [1.29, 1.82) is 0 Å². The highest BCUT2D eigenvalue weighted by Gasteiger charge is 2.90. The quantitative estimate of drug-likeness (QED) is 0.0675. The van der Waals surface area contributed by atoms with E-state index in [2.05, 4.69) is 5.32 Å². The van der Waals surface area contributed by atoms with Gasteiger partial charge in [-0.15, -0.1) is 0 Å². The number of non-ortho nitro benzene ring substituents is 1. The molecule has 1 heterocycles. The van der Waals surface area contributed by atoms with Crippen LogP contribution in [0, 0.1) is 10.1 Å². The highest BCUT2D eigenvalue weighted by Crippen LogP contribution is 2.60. The van der Waals surface area contributed by atoms with Crippen molar-refractivity contribution in [3.8, 4) is 0 Å². The van der Waals surface area contributed by atoms with Gasteiger partial charge in [0, 0.05) is 29.9 Å². The first-order chi connectivity index (χ1) is 23.7. The molecule has 286 valence electrons. The summed E-state index contributed by atoms with van der Waals surface area (Å²) >= 11 is 0. The van der Waals surface area contributed by atoms with Gasteiger partial charge in [-0.1, -0.05) is 42.5 Å². The van der Waals surface area contributed by atoms with Gasteiger partial charge in [-0.2, -0.15) is 57.1 Å². The fourth-order valence-corrected chi connectivity index (χ4v) is 4.98. The van der Waals surface area contributed by atoms with Crippen LogP contribution >= 0.6 is 0 Å². The molecule has 52 heavy (non-hydrogen) atoms. The Bertz CT molecular complexity index is 1740. The molecule has 1 atom stereocenters. The van der Waals surface area contributed by atoms with Gasteiger partial charge < -0.3 is 14.8 Å². The van der Waals surface area contributed by atoms with Gasteiger partial charge >= 0.3 is 47.7 Å². The summed E-state index contributed by atoms with van der Waals surface area (Å²) in [4.78, 5) is 37.4. The molecule has 0 fully saturated rings. The summed E-state index contributed by atoms with van der Waals surface area (Å²) in [5.74, 6) is -41.9. The van der Waals surface area contributed by atoms with Crippen LogP contribution in [0.15, 0.2) is 77.1 Å². The number of nitro groups is 1. The maximum Gasteiger partial charge on any atom is 0.460 e. The fraction of sp³-hybridized carbons (Fsp3) is 0.419. The molecule has 1 aliphatic rings. The van der Waals surface area contributed by atoms with Crippen LogP contribution in [0.4, 0.5) is 62.8 Å². The Morgan fingerprint density at radius 2 is 1.25 bits per heavy atom. The number of nitro benzene ring substituents is 1. The van der Waals surface area contributed by atoms with Crippen molar-refractivity contribution in [2.75, 3.05) is 6.61 Å². The molecule has 1 unspecified atom stereocenters. The number of halogens is 13.